The SMILES string of the molecule is N=C(N)c1cccc(CC(NC(=O)C2CCC3CN(CCCc4ccccc4)CCN32)C(=O)c2nc3ccccc3s2)c1. The van der Waals surface area contributed by atoms with E-state index in [1.165, 1.54) is 16.9 Å². The number of aromatic nitrogens is 1. The second-order valence-corrected chi connectivity index (χ2v) is 12.6. The summed E-state index contributed by atoms with van der Waals surface area (Å²) in [6.45, 7) is 3.84. The molecular formula is C34H38N6O2S. The monoisotopic (exact) mass is 594 g/mol. The van der Waals surface area contributed by atoms with Crippen LogP contribution in [0.4, 0.5) is 0 Å². The van der Waals surface area contributed by atoms with Gasteiger partial charge in [0.15, 0.2) is 5.01 Å². The molecule has 0 radical (unpaired) electrons. The van der Waals surface area contributed by atoms with Crippen molar-refractivity contribution in [3.05, 3.63) is 101 Å². The molecule has 6 rings (SSSR count). The first-order chi connectivity index (χ1) is 20.9. The van der Waals surface area contributed by atoms with Crippen molar-refractivity contribution < 1.29 is 9.59 Å². The number of amidine groups is 1. The van der Waals surface area contributed by atoms with Crippen LogP contribution < -0.4 is 11.1 Å². The lowest BCUT2D eigenvalue weighted by Crippen LogP contribution is -2.57. The van der Waals surface area contributed by atoms with Crippen LogP contribution in [0.2, 0.25) is 0 Å². The standard InChI is InChI=1S/C34H38N6O2S/c35-32(36)25-12-6-10-24(20-25)21-28(31(41)34-38-27-13-4-5-14-30(27)43-34)37-33(42)29-16-15-26-22-39(18-19-40(26)29)17-7-11-23-8-2-1-3-9-23/h1-6,8-10,12-14,20,26,28-29H,7,11,15-19,21-22H2,(H3,35,36)(H,37,42). The number of ketones is 1. The topological polar surface area (TPSA) is 115 Å². The zero-order chi connectivity index (χ0) is 29.8. The summed E-state index contributed by atoms with van der Waals surface area (Å²) in [6, 6.07) is 25.0. The number of thiazole rings is 1. The quantitative estimate of drug-likeness (QED) is 0.136. The average molecular weight is 595 g/mol. The minimum absolute atomic E-state index is 0.0314. The summed E-state index contributed by atoms with van der Waals surface area (Å²) in [5, 5.41) is 11.3. The highest BCUT2D eigenvalue weighted by Crippen LogP contribution is 2.29. The molecule has 3 atom stereocenters. The third-order valence-corrected chi connectivity index (χ3v) is 9.74. The van der Waals surface area contributed by atoms with E-state index in [0.29, 0.717) is 23.0 Å². The number of Topliss-reactive ketones (excluding diaryl/α,β-unsaturated/α-hetero) is 1. The number of aryl methyl sites for hydroxylation is 1. The summed E-state index contributed by atoms with van der Waals surface area (Å²) in [5.74, 6) is -0.320. The number of nitrogens with two attached hydrogens (primary N) is 1. The fourth-order valence-electron chi connectivity index (χ4n) is 6.46. The zero-order valence-corrected chi connectivity index (χ0v) is 25.1. The average Bonchev–Trinajstić information content (AvgIpc) is 3.65. The maximum atomic E-state index is 13.9. The van der Waals surface area contributed by atoms with Gasteiger partial charge in [-0.05, 0) is 61.6 Å². The third kappa shape index (κ3) is 6.85. The molecular weight excluding hydrogens is 556 g/mol. The van der Waals surface area contributed by atoms with Gasteiger partial charge in [-0.3, -0.25) is 19.9 Å². The normalized spacial score (nSPS) is 19.6. The Bertz CT molecular complexity index is 1570. The van der Waals surface area contributed by atoms with E-state index in [2.05, 4.69) is 50.4 Å². The minimum atomic E-state index is -0.770. The number of carbonyl (C=O) groups is 2. The predicted molar refractivity (Wildman–Crippen MR) is 172 cm³/mol. The van der Waals surface area contributed by atoms with Crippen molar-refractivity contribution >= 4 is 39.1 Å². The summed E-state index contributed by atoms with van der Waals surface area (Å²) >= 11 is 1.35. The first kappa shape index (κ1) is 29.2. The Balaban J connectivity index is 1.12. The Morgan fingerprint density at radius 3 is 2.60 bits per heavy atom. The van der Waals surface area contributed by atoms with Crippen LogP contribution in [0.1, 0.15) is 45.8 Å². The number of nitrogen functional groups attached to an aromatic ring is 1. The second-order valence-electron chi connectivity index (χ2n) is 11.6. The highest BCUT2D eigenvalue weighted by Gasteiger charge is 2.41. The molecule has 1 amide bonds. The molecule has 2 aliphatic heterocycles. The molecule has 9 heteroatoms. The highest BCUT2D eigenvalue weighted by atomic mass is 32.1. The summed E-state index contributed by atoms with van der Waals surface area (Å²) in [7, 11) is 0. The number of hydrogen-bond acceptors (Lipinski definition) is 7. The molecule has 43 heavy (non-hydrogen) atoms. The van der Waals surface area contributed by atoms with Crippen LogP contribution in [0.3, 0.4) is 0 Å². The van der Waals surface area contributed by atoms with Crippen LogP contribution in [0, 0.1) is 5.41 Å². The van der Waals surface area contributed by atoms with E-state index in [-0.39, 0.29) is 23.6 Å². The van der Waals surface area contributed by atoms with Gasteiger partial charge in [0, 0.05) is 37.7 Å². The minimum Gasteiger partial charge on any atom is -0.384 e. The van der Waals surface area contributed by atoms with Gasteiger partial charge in [-0.1, -0.05) is 60.7 Å². The molecule has 2 fully saturated rings. The molecule has 2 aliphatic rings. The lowest BCUT2D eigenvalue weighted by Gasteiger charge is -2.39. The maximum Gasteiger partial charge on any atom is 0.237 e. The third-order valence-electron chi connectivity index (χ3n) is 8.69. The Hall–Kier alpha value is -3.92. The van der Waals surface area contributed by atoms with Crippen molar-refractivity contribution in [2.24, 2.45) is 5.73 Å². The van der Waals surface area contributed by atoms with Gasteiger partial charge in [0.1, 0.15) is 5.84 Å². The number of fused-ring (bicyclic) bond motifs is 2. The van der Waals surface area contributed by atoms with E-state index in [1.54, 1.807) is 6.07 Å². The molecule has 3 heterocycles. The van der Waals surface area contributed by atoms with Crippen molar-refractivity contribution in [2.45, 2.75) is 50.2 Å². The van der Waals surface area contributed by atoms with Crippen LogP contribution in [-0.4, -0.2) is 76.6 Å². The Morgan fingerprint density at radius 2 is 1.79 bits per heavy atom. The largest absolute Gasteiger partial charge is 0.384 e. The van der Waals surface area contributed by atoms with Gasteiger partial charge in [-0.25, -0.2) is 4.98 Å². The van der Waals surface area contributed by atoms with Crippen molar-refractivity contribution in [1.82, 2.24) is 20.1 Å². The van der Waals surface area contributed by atoms with Crippen molar-refractivity contribution in [3.8, 4) is 0 Å². The summed E-state index contributed by atoms with van der Waals surface area (Å²) < 4.78 is 0.940. The van der Waals surface area contributed by atoms with Crippen LogP contribution in [0.25, 0.3) is 10.2 Å². The Labute approximate surface area is 256 Å². The molecule has 3 unspecified atom stereocenters. The van der Waals surface area contributed by atoms with E-state index in [1.807, 2.05) is 42.5 Å². The van der Waals surface area contributed by atoms with Gasteiger partial charge in [0.2, 0.25) is 11.7 Å². The molecule has 0 bridgehead atoms. The van der Waals surface area contributed by atoms with Gasteiger partial charge in [0.05, 0.1) is 22.3 Å². The van der Waals surface area contributed by atoms with Gasteiger partial charge in [-0.2, -0.15) is 0 Å². The van der Waals surface area contributed by atoms with Gasteiger partial charge in [-0.15, -0.1) is 11.3 Å². The molecule has 2 saturated heterocycles. The number of para-hydroxylation sites is 1. The molecule has 0 saturated carbocycles. The number of rotatable bonds is 11. The summed E-state index contributed by atoms with van der Waals surface area (Å²) in [5.41, 5.74) is 9.31. The number of amides is 1. The van der Waals surface area contributed by atoms with E-state index in [0.717, 1.165) is 67.6 Å². The maximum absolute atomic E-state index is 13.9. The predicted octanol–water partition coefficient (Wildman–Crippen LogP) is 4.27. The first-order valence-corrected chi connectivity index (χ1v) is 15.9. The Kier molecular flexibility index (Phi) is 8.92. The van der Waals surface area contributed by atoms with Gasteiger partial charge in [0.25, 0.3) is 0 Å². The Morgan fingerprint density at radius 1 is 1.00 bits per heavy atom. The molecule has 1 aromatic heterocycles. The van der Waals surface area contributed by atoms with Crippen LogP contribution in [0.15, 0.2) is 78.9 Å². The summed E-state index contributed by atoms with van der Waals surface area (Å²) in [6.07, 6.45) is 4.27. The molecule has 0 aliphatic carbocycles. The smallest absolute Gasteiger partial charge is 0.237 e. The molecule has 0 spiro atoms. The van der Waals surface area contributed by atoms with Crippen LogP contribution in [-0.2, 0) is 17.6 Å². The fraction of sp³-hybridized carbons (Fsp3) is 0.353. The first-order valence-electron chi connectivity index (χ1n) is 15.1. The number of hydrogen-bond donors (Lipinski definition) is 3. The van der Waals surface area contributed by atoms with Gasteiger partial charge >= 0.3 is 0 Å². The van der Waals surface area contributed by atoms with Crippen molar-refractivity contribution in [1.29, 1.82) is 5.41 Å². The van der Waals surface area contributed by atoms with Crippen molar-refractivity contribution in [3.63, 3.8) is 0 Å². The fourth-order valence-corrected chi connectivity index (χ4v) is 7.42. The van der Waals surface area contributed by atoms with Crippen LogP contribution >= 0.6 is 11.3 Å². The molecule has 8 nitrogen and oxygen atoms in total. The van der Waals surface area contributed by atoms with E-state index >= 15 is 0 Å². The lowest BCUT2D eigenvalue weighted by atomic mass is 9.99. The second kappa shape index (κ2) is 13.2. The van der Waals surface area contributed by atoms with E-state index < -0.39 is 6.04 Å². The zero-order valence-electron chi connectivity index (χ0n) is 24.2. The number of nitrogens with one attached hydrogen (secondary N) is 2. The molecule has 4 N–H and O–H groups in total. The molecule has 3 aromatic carbocycles. The highest BCUT2D eigenvalue weighted by molar-refractivity contribution is 7.20. The van der Waals surface area contributed by atoms with E-state index in [4.69, 9.17) is 11.1 Å². The van der Waals surface area contributed by atoms with E-state index in [9.17, 15) is 9.59 Å². The molecule has 4 aromatic rings. The lowest BCUT2D eigenvalue weighted by molar-refractivity contribution is -0.127. The summed E-state index contributed by atoms with van der Waals surface area (Å²) in [4.78, 5) is 37.1. The number of carbonyl (C=O) groups excluding carboxylic acids is 2. The number of piperazine rings is 1. The number of nitrogens with zero attached hydrogens (tertiary/aromatic N) is 3. The van der Waals surface area contributed by atoms with Crippen molar-refractivity contribution in [2.75, 3.05) is 26.2 Å². The van der Waals surface area contributed by atoms with Gasteiger partial charge < -0.3 is 16.0 Å². The van der Waals surface area contributed by atoms with Crippen LogP contribution in [0.5, 0.6) is 0 Å². The molecule has 222 valence electrons. The number of benzene rings is 3.